The molecule has 2 saturated heterocycles. The van der Waals surface area contributed by atoms with E-state index in [1.807, 2.05) is 13.8 Å². The van der Waals surface area contributed by atoms with Crippen molar-refractivity contribution in [2.45, 2.75) is 45.1 Å². The summed E-state index contributed by atoms with van der Waals surface area (Å²) in [6, 6.07) is 5.61. The van der Waals surface area contributed by atoms with Crippen molar-refractivity contribution in [3.05, 3.63) is 57.8 Å². The van der Waals surface area contributed by atoms with Crippen LogP contribution in [0.2, 0.25) is 0 Å². The molecule has 1 aromatic carbocycles. The van der Waals surface area contributed by atoms with Gasteiger partial charge >= 0.3 is 6.03 Å². The van der Waals surface area contributed by atoms with E-state index in [2.05, 4.69) is 10.3 Å². The van der Waals surface area contributed by atoms with Crippen LogP contribution < -0.4 is 5.32 Å². The molecule has 2 aromatic rings. The van der Waals surface area contributed by atoms with E-state index in [4.69, 9.17) is 0 Å². The van der Waals surface area contributed by atoms with Crippen molar-refractivity contribution in [2.24, 2.45) is 5.92 Å². The summed E-state index contributed by atoms with van der Waals surface area (Å²) in [4.78, 5) is 47.2. The van der Waals surface area contributed by atoms with Gasteiger partial charge in [-0.1, -0.05) is 19.1 Å². The van der Waals surface area contributed by atoms with Crippen molar-refractivity contribution in [2.75, 3.05) is 19.6 Å². The molecule has 2 aliphatic rings. The number of aromatic nitrogens is 1. The van der Waals surface area contributed by atoms with E-state index in [1.165, 1.54) is 34.4 Å². The molecule has 1 N–H and O–H groups in total. The maximum atomic E-state index is 13.4. The Kier molecular flexibility index (Phi) is 7.11. The van der Waals surface area contributed by atoms with E-state index in [0.717, 1.165) is 16.1 Å². The van der Waals surface area contributed by atoms with E-state index < -0.39 is 5.54 Å². The number of benzene rings is 1. The Morgan fingerprint density at radius 3 is 2.59 bits per heavy atom. The smallest absolute Gasteiger partial charge is 0.325 e. The molecule has 1 aromatic heterocycles. The molecule has 2 fully saturated rings. The average molecular weight is 485 g/mol. The third-order valence-electron chi connectivity index (χ3n) is 6.96. The van der Waals surface area contributed by atoms with Crippen LogP contribution in [0.3, 0.4) is 0 Å². The number of hydrogen-bond acceptors (Lipinski definition) is 5. The van der Waals surface area contributed by atoms with Crippen molar-refractivity contribution in [1.29, 1.82) is 0 Å². The molecule has 3 heterocycles. The van der Waals surface area contributed by atoms with E-state index in [0.29, 0.717) is 45.3 Å². The predicted molar refractivity (Wildman–Crippen MR) is 129 cm³/mol. The zero-order chi connectivity index (χ0) is 24.3. The second-order valence-electron chi connectivity index (χ2n) is 8.81. The predicted octanol–water partition coefficient (Wildman–Crippen LogP) is 3.79. The summed E-state index contributed by atoms with van der Waals surface area (Å²) in [7, 11) is 0. The number of urea groups is 1. The van der Waals surface area contributed by atoms with Gasteiger partial charge in [-0.25, -0.2) is 14.2 Å². The number of carbonyl (C=O) groups excluding carboxylic acids is 3. The van der Waals surface area contributed by atoms with Gasteiger partial charge in [0.25, 0.3) is 5.91 Å². The molecule has 0 radical (unpaired) electrons. The van der Waals surface area contributed by atoms with Gasteiger partial charge in [-0.05, 0) is 55.9 Å². The highest BCUT2D eigenvalue weighted by Crippen LogP contribution is 2.36. The number of likely N-dealkylation sites (tertiary alicyclic amines) is 1. The molecular formula is C25H29FN4O3S. The van der Waals surface area contributed by atoms with E-state index in [9.17, 15) is 18.8 Å². The third kappa shape index (κ3) is 4.75. The van der Waals surface area contributed by atoms with Crippen LogP contribution in [0.15, 0.2) is 35.9 Å². The highest BCUT2D eigenvalue weighted by Gasteiger charge is 2.54. The van der Waals surface area contributed by atoms with Crippen LogP contribution in [0.1, 0.15) is 42.3 Å². The van der Waals surface area contributed by atoms with Crippen LogP contribution in [0.4, 0.5) is 9.18 Å². The van der Waals surface area contributed by atoms with Gasteiger partial charge in [0.05, 0.1) is 11.2 Å². The molecular weight excluding hydrogens is 455 g/mol. The number of imide groups is 1. The summed E-state index contributed by atoms with van der Waals surface area (Å²) in [5.41, 5.74) is 2.54. The first kappa shape index (κ1) is 24.1. The number of nitrogens with zero attached hydrogens (tertiary/aromatic N) is 3. The first-order valence-corrected chi connectivity index (χ1v) is 12.5. The quantitative estimate of drug-likeness (QED) is 0.479. The number of carbonyl (C=O) groups is 3. The van der Waals surface area contributed by atoms with Gasteiger partial charge in [0, 0.05) is 37.0 Å². The number of amides is 4. The zero-order valence-electron chi connectivity index (χ0n) is 19.4. The fraction of sp³-hybridized carbons (Fsp3) is 0.440. The lowest BCUT2D eigenvalue weighted by Crippen LogP contribution is -2.56. The van der Waals surface area contributed by atoms with Crippen molar-refractivity contribution in [3.8, 4) is 0 Å². The molecule has 1 atom stereocenters. The highest BCUT2D eigenvalue weighted by molar-refractivity contribution is 7.09. The van der Waals surface area contributed by atoms with Crippen molar-refractivity contribution in [1.82, 2.24) is 20.1 Å². The Morgan fingerprint density at radius 2 is 1.97 bits per heavy atom. The number of nitrogens with one attached hydrogen (secondary N) is 1. The van der Waals surface area contributed by atoms with Crippen LogP contribution in [0, 0.1) is 18.7 Å². The summed E-state index contributed by atoms with van der Waals surface area (Å²) < 4.78 is 13.0. The zero-order valence-corrected chi connectivity index (χ0v) is 20.2. The van der Waals surface area contributed by atoms with Crippen LogP contribution >= 0.6 is 11.3 Å². The molecule has 0 aliphatic carbocycles. The lowest BCUT2D eigenvalue weighted by molar-refractivity contribution is -0.135. The molecule has 4 rings (SSSR count). The minimum absolute atomic E-state index is 0.0331. The monoisotopic (exact) mass is 484 g/mol. The molecule has 0 saturated carbocycles. The van der Waals surface area contributed by atoms with Crippen LogP contribution in [-0.2, 0) is 16.0 Å². The molecule has 1 unspecified atom stereocenters. The lowest BCUT2D eigenvalue weighted by Gasteiger charge is -2.40. The molecule has 4 amide bonds. The number of halogens is 1. The van der Waals surface area contributed by atoms with Gasteiger partial charge in [0.1, 0.15) is 11.4 Å². The Morgan fingerprint density at radius 1 is 1.26 bits per heavy atom. The van der Waals surface area contributed by atoms with Crippen LogP contribution in [0.5, 0.6) is 0 Å². The average Bonchev–Trinajstić information content (AvgIpc) is 3.37. The fourth-order valence-electron chi connectivity index (χ4n) is 4.87. The first-order valence-electron chi connectivity index (χ1n) is 11.6. The number of piperidine rings is 1. The second kappa shape index (κ2) is 10.0. The molecule has 7 nitrogen and oxygen atoms in total. The van der Waals surface area contributed by atoms with Gasteiger partial charge in [-0.2, -0.15) is 0 Å². The molecule has 34 heavy (non-hydrogen) atoms. The SMILES string of the molecule is CCC1(C2CCN(C(=O)C=Cc3ccc(F)cc3)CC2)NC(=O)N(CCc2scnc2C)C1=O. The van der Waals surface area contributed by atoms with Gasteiger partial charge < -0.3 is 10.2 Å². The van der Waals surface area contributed by atoms with Gasteiger partial charge in [-0.3, -0.25) is 14.5 Å². The molecule has 2 aliphatic heterocycles. The first-order chi connectivity index (χ1) is 16.3. The standard InChI is InChI=1S/C25H29FN4O3S/c1-3-25(23(32)30(24(33)28-25)15-12-21-17(2)27-16-34-21)19-10-13-29(14-11-19)22(31)9-6-18-4-7-20(26)8-5-18/h4-9,16,19H,3,10-15H2,1-2H3,(H,28,33). The van der Waals surface area contributed by atoms with Crippen LogP contribution in [0.25, 0.3) is 6.08 Å². The highest BCUT2D eigenvalue weighted by atomic mass is 32.1. The lowest BCUT2D eigenvalue weighted by atomic mass is 9.75. The van der Waals surface area contributed by atoms with E-state index in [-0.39, 0.29) is 29.6 Å². The summed E-state index contributed by atoms with van der Waals surface area (Å²) in [5, 5.41) is 3.00. The van der Waals surface area contributed by atoms with Gasteiger partial charge in [0.2, 0.25) is 5.91 Å². The molecule has 180 valence electrons. The maximum Gasteiger partial charge on any atom is 0.325 e. The van der Waals surface area contributed by atoms with E-state index in [1.54, 1.807) is 28.6 Å². The summed E-state index contributed by atoms with van der Waals surface area (Å²) in [6.45, 7) is 5.22. The minimum Gasteiger partial charge on any atom is -0.339 e. The summed E-state index contributed by atoms with van der Waals surface area (Å²) in [5.74, 6) is -0.629. The number of thiazole rings is 1. The van der Waals surface area contributed by atoms with Crippen LogP contribution in [-0.4, -0.2) is 57.8 Å². The Balaban J connectivity index is 1.36. The Labute approximate surface area is 202 Å². The Bertz CT molecular complexity index is 1090. The van der Waals surface area contributed by atoms with Gasteiger partial charge in [0.15, 0.2) is 0 Å². The minimum atomic E-state index is -0.918. The number of rotatable bonds is 7. The summed E-state index contributed by atoms with van der Waals surface area (Å²) >= 11 is 1.53. The molecule has 9 heteroatoms. The van der Waals surface area contributed by atoms with Crippen molar-refractivity contribution < 1.29 is 18.8 Å². The number of hydrogen-bond donors (Lipinski definition) is 1. The number of aryl methyl sites for hydroxylation is 1. The maximum absolute atomic E-state index is 13.4. The van der Waals surface area contributed by atoms with Gasteiger partial charge in [-0.15, -0.1) is 11.3 Å². The molecule has 0 bridgehead atoms. The summed E-state index contributed by atoms with van der Waals surface area (Å²) in [6.07, 6.45) is 5.55. The van der Waals surface area contributed by atoms with Crippen molar-refractivity contribution in [3.63, 3.8) is 0 Å². The third-order valence-corrected chi connectivity index (χ3v) is 7.95. The normalized spacial score (nSPS) is 21.5. The topological polar surface area (TPSA) is 82.6 Å². The van der Waals surface area contributed by atoms with Crippen molar-refractivity contribution >= 4 is 35.3 Å². The Hall–Kier alpha value is -3.07. The fourth-order valence-corrected chi connectivity index (χ4v) is 5.64. The largest absolute Gasteiger partial charge is 0.339 e. The molecule has 0 spiro atoms. The van der Waals surface area contributed by atoms with E-state index >= 15 is 0 Å². The second-order valence-corrected chi connectivity index (χ2v) is 9.75.